The Bertz CT molecular complexity index is 276. The van der Waals surface area contributed by atoms with Crippen molar-refractivity contribution in [2.24, 2.45) is 0 Å². The minimum Gasteiger partial charge on any atom is -0.300 e. The first-order valence-corrected chi connectivity index (χ1v) is 6.10. The normalized spacial score (nSPS) is 10.9. The zero-order chi connectivity index (χ0) is 11.1. The first-order valence-electron chi connectivity index (χ1n) is 6.10. The number of hydrogen-bond acceptors (Lipinski definition) is 1. The summed E-state index contributed by atoms with van der Waals surface area (Å²) < 4.78 is 0. The van der Waals surface area contributed by atoms with Crippen LogP contribution in [0, 0.1) is 0 Å². The SMILES string of the molecule is CCCc1cccc(CN(CC)CC)c1. The molecule has 0 spiro atoms. The smallest absolute Gasteiger partial charge is 0.0233 e. The van der Waals surface area contributed by atoms with Crippen LogP contribution in [0.4, 0.5) is 0 Å². The molecular formula is C14H23N. The second-order valence-corrected chi connectivity index (χ2v) is 4.03. The monoisotopic (exact) mass is 205 g/mol. The lowest BCUT2D eigenvalue weighted by Crippen LogP contribution is -2.22. The van der Waals surface area contributed by atoms with Gasteiger partial charge in [-0.25, -0.2) is 0 Å². The molecule has 1 heteroatoms. The zero-order valence-electron chi connectivity index (χ0n) is 10.3. The van der Waals surface area contributed by atoms with E-state index in [2.05, 4.69) is 49.9 Å². The third-order valence-corrected chi connectivity index (χ3v) is 2.83. The highest BCUT2D eigenvalue weighted by molar-refractivity contribution is 5.23. The molecule has 84 valence electrons. The third kappa shape index (κ3) is 4.05. The fourth-order valence-corrected chi connectivity index (χ4v) is 1.88. The third-order valence-electron chi connectivity index (χ3n) is 2.83. The fourth-order valence-electron chi connectivity index (χ4n) is 1.88. The molecule has 0 saturated heterocycles. The summed E-state index contributed by atoms with van der Waals surface area (Å²) in [4.78, 5) is 2.45. The molecule has 1 rings (SSSR count). The summed E-state index contributed by atoms with van der Waals surface area (Å²) >= 11 is 0. The summed E-state index contributed by atoms with van der Waals surface area (Å²) in [6.45, 7) is 10.0. The quantitative estimate of drug-likeness (QED) is 0.687. The molecule has 1 aromatic carbocycles. The molecule has 0 heterocycles. The Morgan fingerprint density at radius 3 is 2.27 bits per heavy atom. The number of benzene rings is 1. The van der Waals surface area contributed by atoms with E-state index in [0.29, 0.717) is 0 Å². The van der Waals surface area contributed by atoms with E-state index in [9.17, 15) is 0 Å². The molecule has 0 N–H and O–H groups in total. The van der Waals surface area contributed by atoms with Crippen LogP contribution in [0.5, 0.6) is 0 Å². The molecule has 0 aliphatic carbocycles. The van der Waals surface area contributed by atoms with Crippen LogP contribution in [-0.4, -0.2) is 18.0 Å². The molecule has 0 radical (unpaired) electrons. The maximum atomic E-state index is 2.45. The second kappa shape index (κ2) is 6.62. The van der Waals surface area contributed by atoms with E-state index in [1.165, 1.54) is 24.0 Å². The van der Waals surface area contributed by atoms with Gasteiger partial charge in [0.05, 0.1) is 0 Å². The second-order valence-electron chi connectivity index (χ2n) is 4.03. The van der Waals surface area contributed by atoms with Gasteiger partial charge in [-0.2, -0.15) is 0 Å². The summed E-state index contributed by atoms with van der Waals surface area (Å²) in [5.74, 6) is 0. The van der Waals surface area contributed by atoms with Gasteiger partial charge in [-0.15, -0.1) is 0 Å². The van der Waals surface area contributed by atoms with Crippen LogP contribution >= 0.6 is 0 Å². The predicted molar refractivity (Wildman–Crippen MR) is 67.1 cm³/mol. The average molecular weight is 205 g/mol. The van der Waals surface area contributed by atoms with Gasteiger partial charge in [-0.3, -0.25) is 4.90 Å². The van der Waals surface area contributed by atoms with E-state index in [0.717, 1.165) is 19.6 Å². The van der Waals surface area contributed by atoms with Crippen molar-refractivity contribution < 1.29 is 0 Å². The number of aryl methyl sites for hydroxylation is 1. The number of nitrogens with zero attached hydrogens (tertiary/aromatic N) is 1. The van der Waals surface area contributed by atoms with Gasteiger partial charge >= 0.3 is 0 Å². The molecule has 1 aromatic rings. The first kappa shape index (κ1) is 12.3. The molecule has 0 bridgehead atoms. The summed E-state index contributed by atoms with van der Waals surface area (Å²) in [5, 5.41) is 0. The number of hydrogen-bond donors (Lipinski definition) is 0. The predicted octanol–water partition coefficient (Wildman–Crippen LogP) is 3.48. The van der Waals surface area contributed by atoms with Crippen molar-refractivity contribution in [3.8, 4) is 0 Å². The van der Waals surface area contributed by atoms with Crippen LogP contribution in [0.1, 0.15) is 38.3 Å². The topological polar surface area (TPSA) is 3.24 Å². The van der Waals surface area contributed by atoms with Gasteiger partial charge in [-0.05, 0) is 30.6 Å². The molecule has 0 aromatic heterocycles. The van der Waals surface area contributed by atoms with Gasteiger partial charge < -0.3 is 0 Å². The maximum absolute atomic E-state index is 2.45. The minimum atomic E-state index is 1.09. The molecule has 15 heavy (non-hydrogen) atoms. The van der Waals surface area contributed by atoms with E-state index in [1.807, 2.05) is 0 Å². The molecule has 0 amide bonds. The summed E-state index contributed by atoms with van der Waals surface area (Å²) in [6, 6.07) is 9.00. The Balaban J connectivity index is 2.64. The lowest BCUT2D eigenvalue weighted by atomic mass is 10.1. The van der Waals surface area contributed by atoms with Crippen molar-refractivity contribution in [3.63, 3.8) is 0 Å². The molecule has 0 unspecified atom stereocenters. The van der Waals surface area contributed by atoms with Gasteiger partial charge in [0.15, 0.2) is 0 Å². The fraction of sp³-hybridized carbons (Fsp3) is 0.571. The van der Waals surface area contributed by atoms with E-state index in [-0.39, 0.29) is 0 Å². The van der Waals surface area contributed by atoms with Crippen molar-refractivity contribution in [2.45, 2.75) is 40.2 Å². The van der Waals surface area contributed by atoms with Crippen LogP contribution in [-0.2, 0) is 13.0 Å². The van der Waals surface area contributed by atoms with Crippen molar-refractivity contribution >= 4 is 0 Å². The Hall–Kier alpha value is -0.820. The molecule has 1 nitrogen and oxygen atoms in total. The van der Waals surface area contributed by atoms with Crippen LogP contribution in [0.2, 0.25) is 0 Å². The molecule has 0 aliphatic heterocycles. The highest BCUT2D eigenvalue weighted by Crippen LogP contribution is 2.09. The summed E-state index contributed by atoms with van der Waals surface area (Å²) in [5.41, 5.74) is 2.92. The van der Waals surface area contributed by atoms with Crippen molar-refractivity contribution in [1.29, 1.82) is 0 Å². The molecule has 0 aliphatic rings. The van der Waals surface area contributed by atoms with Gasteiger partial charge in [0.1, 0.15) is 0 Å². The Morgan fingerprint density at radius 2 is 1.67 bits per heavy atom. The van der Waals surface area contributed by atoms with E-state index < -0.39 is 0 Å². The zero-order valence-corrected chi connectivity index (χ0v) is 10.3. The van der Waals surface area contributed by atoms with Crippen molar-refractivity contribution in [1.82, 2.24) is 4.90 Å². The van der Waals surface area contributed by atoms with Gasteiger partial charge in [0, 0.05) is 6.54 Å². The lowest BCUT2D eigenvalue weighted by molar-refractivity contribution is 0.296. The minimum absolute atomic E-state index is 1.09. The van der Waals surface area contributed by atoms with Crippen LogP contribution in [0.15, 0.2) is 24.3 Å². The number of rotatable bonds is 6. The van der Waals surface area contributed by atoms with Crippen LogP contribution in [0.25, 0.3) is 0 Å². The average Bonchev–Trinajstić information content (AvgIpc) is 2.27. The Kier molecular flexibility index (Phi) is 5.41. The van der Waals surface area contributed by atoms with Gasteiger partial charge in [0.25, 0.3) is 0 Å². The highest BCUT2D eigenvalue weighted by Gasteiger charge is 2.01. The highest BCUT2D eigenvalue weighted by atomic mass is 15.1. The maximum Gasteiger partial charge on any atom is 0.0233 e. The standard InChI is InChI=1S/C14H23N/c1-4-8-13-9-7-10-14(11-13)12-15(5-2)6-3/h7,9-11H,4-6,8,12H2,1-3H3. The van der Waals surface area contributed by atoms with E-state index in [1.54, 1.807) is 0 Å². The van der Waals surface area contributed by atoms with E-state index in [4.69, 9.17) is 0 Å². The molecular weight excluding hydrogens is 182 g/mol. The lowest BCUT2D eigenvalue weighted by Gasteiger charge is -2.18. The van der Waals surface area contributed by atoms with Gasteiger partial charge in [-0.1, -0.05) is 51.5 Å². The molecule has 0 saturated carbocycles. The van der Waals surface area contributed by atoms with Crippen LogP contribution < -0.4 is 0 Å². The first-order chi connectivity index (χ1) is 7.30. The molecule has 0 atom stereocenters. The molecule has 0 fully saturated rings. The largest absolute Gasteiger partial charge is 0.300 e. The van der Waals surface area contributed by atoms with Crippen molar-refractivity contribution in [2.75, 3.05) is 13.1 Å². The summed E-state index contributed by atoms with van der Waals surface area (Å²) in [6.07, 6.45) is 2.43. The van der Waals surface area contributed by atoms with Crippen molar-refractivity contribution in [3.05, 3.63) is 35.4 Å². The van der Waals surface area contributed by atoms with Gasteiger partial charge in [0.2, 0.25) is 0 Å². The summed E-state index contributed by atoms with van der Waals surface area (Å²) in [7, 11) is 0. The van der Waals surface area contributed by atoms with Crippen LogP contribution in [0.3, 0.4) is 0 Å². The van der Waals surface area contributed by atoms with E-state index >= 15 is 0 Å². The Morgan fingerprint density at radius 1 is 1.00 bits per heavy atom. The Labute approximate surface area is 94.1 Å².